The van der Waals surface area contributed by atoms with Gasteiger partial charge < -0.3 is 15.0 Å². The lowest BCUT2D eigenvalue weighted by molar-refractivity contribution is 0.102. The molecule has 1 aliphatic heterocycles. The van der Waals surface area contributed by atoms with E-state index in [-0.39, 0.29) is 12.0 Å². The van der Waals surface area contributed by atoms with E-state index in [9.17, 15) is 9.59 Å². The summed E-state index contributed by atoms with van der Waals surface area (Å²) in [7, 11) is 1.38. The summed E-state index contributed by atoms with van der Waals surface area (Å²) in [6, 6.07) is 13.0. The molecule has 0 saturated heterocycles. The Morgan fingerprint density at radius 3 is 2.75 bits per heavy atom. The monoisotopic (exact) mass is 388 g/mol. The number of hydrogen-bond acceptors (Lipinski definition) is 3. The van der Waals surface area contributed by atoms with Crippen LogP contribution in [0, 0.1) is 0 Å². The van der Waals surface area contributed by atoms with Gasteiger partial charge in [-0.15, -0.1) is 0 Å². The van der Waals surface area contributed by atoms with Crippen LogP contribution in [0.1, 0.15) is 21.5 Å². The summed E-state index contributed by atoms with van der Waals surface area (Å²) < 4.78 is 5.64. The first kappa shape index (κ1) is 16.5. The van der Waals surface area contributed by atoms with E-state index < -0.39 is 0 Å². The second kappa shape index (κ2) is 7.05. The highest BCUT2D eigenvalue weighted by Crippen LogP contribution is 2.23. The molecule has 3 rings (SSSR count). The number of anilines is 1. The highest BCUT2D eigenvalue weighted by Gasteiger charge is 2.21. The number of ether oxygens (including phenoxy) is 1. The lowest BCUT2D eigenvalue weighted by Gasteiger charge is -2.28. The number of nitrogens with one attached hydrogen (secondary N) is 1. The van der Waals surface area contributed by atoms with Crippen LogP contribution in [-0.2, 0) is 17.7 Å². The molecular formula is C18H17BrN2O3. The lowest BCUT2D eigenvalue weighted by atomic mass is 9.99. The van der Waals surface area contributed by atoms with Crippen molar-refractivity contribution in [1.82, 2.24) is 4.90 Å². The summed E-state index contributed by atoms with van der Waals surface area (Å²) >= 11 is 3.36. The van der Waals surface area contributed by atoms with Crippen molar-refractivity contribution in [2.75, 3.05) is 19.0 Å². The third-order valence-corrected chi connectivity index (χ3v) is 4.49. The fraction of sp³-hybridized carbons (Fsp3) is 0.222. The van der Waals surface area contributed by atoms with E-state index in [0.29, 0.717) is 24.3 Å². The normalized spacial score (nSPS) is 13.2. The van der Waals surface area contributed by atoms with Gasteiger partial charge in [0.15, 0.2) is 0 Å². The smallest absolute Gasteiger partial charge is 0.409 e. The van der Waals surface area contributed by atoms with E-state index in [0.717, 1.165) is 16.5 Å². The third kappa shape index (κ3) is 3.59. The van der Waals surface area contributed by atoms with Gasteiger partial charge in [-0.1, -0.05) is 28.1 Å². The predicted molar refractivity (Wildman–Crippen MR) is 95.1 cm³/mol. The van der Waals surface area contributed by atoms with E-state index in [1.807, 2.05) is 30.3 Å². The van der Waals surface area contributed by atoms with Crippen molar-refractivity contribution in [2.24, 2.45) is 0 Å². The van der Waals surface area contributed by atoms with Crippen LogP contribution in [0.5, 0.6) is 0 Å². The fourth-order valence-electron chi connectivity index (χ4n) is 2.75. The molecule has 0 atom stereocenters. The Labute approximate surface area is 148 Å². The lowest BCUT2D eigenvalue weighted by Crippen LogP contribution is -2.35. The molecule has 0 bridgehead atoms. The number of fused-ring (bicyclic) bond motifs is 1. The zero-order valence-corrected chi connectivity index (χ0v) is 14.8. The van der Waals surface area contributed by atoms with Gasteiger partial charge in [-0.2, -0.15) is 0 Å². The van der Waals surface area contributed by atoms with Crippen LogP contribution in [0.15, 0.2) is 46.9 Å². The number of methoxy groups -OCH3 is 1. The molecular weight excluding hydrogens is 372 g/mol. The minimum atomic E-state index is -0.329. The van der Waals surface area contributed by atoms with Crippen LogP contribution in [-0.4, -0.2) is 30.6 Å². The number of halogens is 1. The number of hydrogen-bond donors (Lipinski definition) is 1. The molecule has 0 aromatic heterocycles. The van der Waals surface area contributed by atoms with Crippen LogP contribution in [0.25, 0.3) is 0 Å². The molecule has 1 heterocycles. The van der Waals surface area contributed by atoms with E-state index >= 15 is 0 Å². The average molecular weight is 389 g/mol. The Morgan fingerprint density at radius 2 is 2.00 bits per heavy atom. The van der Waals surface area contributed by atoms with Crippen LogP contribution >= 0.6 is 15.9 Å². The molecule has 6 heteroatoms. The Hall–Kier alpha value is -2.34. The molecule has 5 nitrogen and oxygen atoms in total. The summed E-state index contributed by atoms with van der Waals surface area (Å²) in [5.74, 6) is -0.170. The van der Waals surface area contributed by atoms with Crippen molar-refractivity contribution >= 4 is 33.6 Å². The van der Waals surface area contributed by atoms with E-state index in [4.69, 9.17) is 4.74 Å². The molecule has 2 aromatic carbocycles. The molecule has 24 heavy (non-hydrogen) atoms. The standard InChI is InChI=1S/C18H17BrN2O3/c1-24-18(23)21-8-7-12-5-6-16(10-14(12)11-21)20-17(22)13-3-2-4-15(19)9-13/h2-6,9-10H,7-8,11H2,1H3,(H,20,22). The molecule has 2 amide bonds. The molecule has 1 aliphatic rings. The van der Waals surface area contributed by atoms with E-state index in [1.54, 1.807) is 17.0 Å². The summed E-state index contributed by atoms with van der Waals surface area (Å²) in [5, 5.41) is 2.90. The molecule has 124 valence electrons. The minimum Gasteiger partial charge on any atom is -0.453 e. The van der Waals surface area contributed by atoms with E-state index in [1.165, 1.54) is 12.7 Å². The summed E-state index contributed by atoms with van der Waals surface area (Å²) in [5.41, 5.74) is 3.51. The van der Waals surface area contributed by atoms with E-state index in [2.05, 4.69) is 21.2 Å². The van der Waals surface area contributed by atoms with Crippen LogP contribution < -0.4 is 5.32 Å². The van der Waals surface area contributed by atoms with Crippen molar-refractivity contribution in [3.05, 3.63) is 63.6 Å². The largest absolute Gasteiger partial charge is 0.453 e. The highest BCUT2D eigenvalue weighted by atomic mass is 79.9. The van der Waals surface area contributed by atoms with Crippen molar-refractivity contribution in [3.63, 3.8) is 0 Å². The van der Waals surface area contributed by atoms with Crippen molar-refractivity contribution in [2.45, 2.75) is 13.0 Å². The SMILES string of the molecule is COC(=O)N1CCc2ccc(NC(=O)c3cccc(Br)c3)cc2C1. The zero-order chi connectivity index (χ0) is 17.1. The number of rotatable bonds is 2. The summed E-state index contributed by atoms with van der Waals surface area (Å²) in [6.07, 6.45) is 0.453. The van der Waals surface area contributed by atoms with Crippen LogP contribution in [0.3, 0.4) is 0 Å². The number of carbonyl (C=O) groups is 2. The first-order valence-corrected chi connectivity index (χ1v) is 8.38. The van der Waals surface area contributed by atoms with Crippen molar-refractivity contribution < 1.29 is 14.3 Å². The van der Waals surface area contributed by atoms with Gasteiger partial charge in [-0.3, -0.25) is 4.79 Å². The first-order chi connectivity index (χ1) is 11.6. The number of benzene rings is 2. The minimum absolute atomic E-state index is 0.170. The Bertz CT molecular complexity index is 792. The second-order valence-corrected chi connectivity index (χ2v) is 6.51. The van der Waals surface area contributed by atoms with Gasteiger partial charge in [-0.05, 0) is 47.9 Å². The second-order valence-electron chi connectivity index (χ2n) is 5.59. The Morgan fingerprint density at radius 1 is 1.17 bits per heavy atom. The summed E-state index contributed by atoms with van der Waals surface area (Å²) in [4.78, 5) is 25.7. The maximum atomic E-state index is 12.3. The zero-order valence-electron chi connectivity index (χ0n) is 13.2. The average Bonchev–Trinajstić information content (AvgIpc) is 2.60. The number of carbonyl (C=O) groups excluding carboxylic acids is 2. The molecule has 1 N–H and O–H groups in total. The molecule has 2 aromatic rings. The van der Waals surface area contributed by atoms with Crippen molar-refractivity contribution in [3.8, 4) is 0 Å². The van der Waals surface area contributed by atoms with Crippen molar-refractivity contribution in [1.29, 1.82) is 0 Å². The fourth-order valence-corrected chi connectivity index (χ4v) is 3.15. The third-order valence-electron chi connectivity index (χ3n) is 4.00. The Kier molecular flexibility index (Phi) is 4.85. The van der Waals surface area contributed by atoms with Gasteiger partial charge in [0, 0.05) is 28.8 Å². The van der Waals surface area contributed by atoms with Gasteiger partial charge in [0.2, 0.25) is 0 Å². The molecule has 0 saturated carbocycles. The van der Waals surface area contributed by atoms with Gasteiger partial charge in [0.25, 0.3) is 5.91 Å². The maximum absolute atomic E-state index is 12.3. The molecule has 0 radical (unpaired) electrons. The Balaban J connectivity index is 1.76. The number of amides is 2. The predicted octanol–water partition coefficient (Wildman–Crippen LogP) is 3.83. The highest BCUT2D eigenvalue weighted by molar-refractivity contribution is 9.10. The summed E-state index contributed by atoms with van der Waals surface area (Å²) in [6.45, 7) is 1.13. The topological polar surface area (TPSA) is 58.6 Å². The van der Waals surface area contributed by atoms with Crippen LogP contribution in [0.4, 0.5) is 10.5 Å². The van der Waals surface area contributed by atoms with Gasteiger partial charge >= 0.3 is 6.09 Å². The number of nitrogens with zero attached hydrogens (tertiary/aromatic N) is 1. The van der Waals surface area contributed by atoms with Gasteiger partial charge in [-0.25, -0.2) is 4.79 Å². The quantitative estimate of drug-likeness (QED) is 0.850. The molecule has 0 spiro atoms. The molecule has 0 unspecified atom stereocenters. The molecule has 0 aliphatic carbocycles. The maximum Gasteiger partial charge on any atom is 0.409 e. The molecule has 0 fully saturated rings. The van der Waals surface area contributed by atoms with Gasteiger partial charge in [0.05, 0.1) is 7.11 Å². The van der Waals surface area contributed by atoms with Gasteiger partial charge in [0.1, 0.15) is 0 Å². The first-order valence-electron chi connectivity index (χ1n) is 7.58. The van der Waals surface area contributed by atoms with Crippen LogP contribution in [0.2, 0.25) is 0 Å².